The van der Waals surface area contributed by atoms with Crippen molar-refractivity contribution >= 4 is 11.4 Å². The number of allylic oxidation sites excluding steroid dienone is 4. The summed E-state index contributed by atoms with van der Waals surface area (Å²) in [5.41, 5.74) is 3.69. The predicted molar refractivity (Wildman–Crippen MR) is 118 cm³/mol. The topological polar surface area (TPSA) is 30.0 Å². The van der Waals surface area contributed by atoms with Crippen molar-refractivity contribution in [2.75, 3.05) is 0 Å². The molecule has 0 spiro atoms. The molecule has 4 aliphatic carbocycles. The van der Waals surface area contributed by atoms with Crippen LogP contribution in [-0.4, -0.2) is 10.8 Å². The van der Waals surface area contributed by atoms with Gasteiger partial charge in [0, 0.05) is 24.4 Å². The normalized spacial score (nSPS) is 39.5. The molecule has 4 heteroatoms. The van der Waals surface area contributed by atoms with Crippen molar-refractivity contribution in [1.82, 2.24) is 4.98 Å². The fourth-order valence-electron chi connectivity index (χ4n) is 7.91. The van der Waals surface area contributed by atoms with E-state index < -0.39 is 6.43 Å². The summed E-state index contributed by atoms with van der Waals surface area (Å²) in [7, 11) is 0. The van der Waals surface area contributed by atoms with E-state index in [1.807, 2.05) is 6.08 Å². The summed E-state index contributed by atoms with van der Waals surface area (Å²) in [5, 5.41) is 0. The van der Waals surface area contributed by atoms with E-state index in [-0.39, 0.29) is 16.4 Å². The first kappa shape index (κ1) is 21.0. The molecule has 1 heterocycles. The maximum atomic E-state index is 13.3. The number of aromatic nitrogens is 1. The van der Waals surface area contributed by atoms with Gasteiger partial charge in [-0.3, -0.25) is 9.78 Å². The Morgan fingerprint density at radius 1 is 1.16 bits per heavy atom. The number of hydrogen-bond acceptors (Lipinski definition) is 2. The largest absolute Gasteiger partial charge is 0.295 e. The lowest BCUT2D eigenvalue weighted by atomic mass is 9.45. The zero-order valence-corrected chi connectivity index (χ0v) is 18.8. The molecule has 0 aromatic carbocycles. The van der Waals surface area contributed by atoms with Crippen molar-refractivity contribution in [3.8, 4) is 0 Å². The Kier molecular flexibility index (Phi) is 4.99. The van der Waals surface area contributed by atoms with Gasteiger partial charge < -0.3 is 0 Å². The third kappa shape index (κ3) is 3.08. The molecule has 2 nitrogen and oxygen atoms in total. The summed E-state index contributed by atoms with van der Waals surface area (Å²) in [5.74, 6) is 2.58. The quantitative estimate of drug-likeness (QED) is 0.513. The van der Waals surface area contributed by atoms with Crippen molar-refractivity contribution in [1.29, 1.82) is 0 Å². The van der Waals surface area contributed by atoms with Gasteiger partial charge in [0.1, 0.15) is 0 Å². The van der Waals surface area contributed by atoms with E-state index in [2.05, 4.69) is 31.8 Å². The van der Waals surface area contributed by atoms with E-state index in [4.69, 9.17) is 0 Å². The molecule has 0 saturated heterocycles. The SMILES string of the molecule is CCC1C[C@@H]2C(CC[C@]3(C)C(c4cncc(C(F)F)c4)=CCC23)[C@@]2(C)CCC(=O)C=C12. The van der Waals surface area contributed by atoms with Crippen molar-refractivity contribution in [3.63, 3.8) is 0 Å². The summed E-state index contributed by atoms with van der Waals surface area (Å²) in [6.45, 7) is 7.04. The lowest BCUT2D eigenvalue weighted by Crippen LogP contribution is -2.52. The maximum Gasteiger partial charge on any atom is 0.265 e. The van der Waals surface area contributed by atoms with Crippen LogP contribution in [-0.2, 0) is 4.79 Å². The fraction of sp³-hybridized carbons (Fsp3) is 0.630. The molecule has 31 heavy (non-hydrogen) atoms. The monoisotopic (exact) mass is 425 g/mol. The molecule has 2 fully saturated rings. The Bertz CT molecular complexity index is 966. The first-order valence-corrected chi connectivity index (χ1v) is 12.0. The molecule has 2 saturated carbocycles. The zero-order valence-electron chi connectivity index (χ0n) is 18.8. The third-order valence-corrected chi connectivity index (χ3v) is 9.51. The number of alkyl halides is 2. The van der Waals surface area contributed by atoms with Crippen LogP contribution >= 0.6 is 0 Å². The molecule has 0 N–H and O–H groups in total. The minimum atomic E-state index is -2.49. The van der Waals surface area contributed by atoms with Crippen LogP contribution in [0.2, 0.25) is 0 Å². The molecule has 5 rings (SSSR count). The van der Waals surface area contributed by atoms with Crippen LogP contribution in [0, 0.1) is 34.5 Å². The standard InChI is InChI=1S/C27H33F2NO/c1-4-16-12-20-22-6-5-21(17-11-18(25(28)29)15-30-14-17)26(22,2)10-8-23(20)27(3)9-7-19(31)13-24(16)27/h5,11,13-16,20,22-23,25H,4,6-10,12H2,1-3H3/t16?,20-,22?,23?,26+,27+/m0/s1. The number of hydrogen-bond donors (Lipinski definition) is 0. The van der Waals surface area contributed by atoms with Crippen LogP contribution in [0.3, 0.4) is 0 Å². The second-order valence-electron chi connectivity index (χ2n) is 10.8. The lowest BCUT2D eigenvalue weighted by molar-refractivity contribution is -0.117. The van der Waals surface area contributed by atoms with Crippen LogP contribution < -0.4 is 0 Å². The minimum absolute atomic E-state index is 0.0111. The fourth-order valence-corrected chi connectivity index (χ4v) is 7.91. The third-order valence-electron chi connectivity index (χ3n) is 9.51. The van der Waals surface area contributed by atoms with Crippen LogP contribution in [0.25, 0.3) is 5.57 Å². The summed E-state index contributed by atoms with van der Waals surface area (Å²) < 4.78 is 26.6. The Labute approximate surface area is 184 Å². The zero-order chi connectivity index (χ0) is 22.0. The Balaban J connectivity index is 1.49. The summed E-state index contributed by atoms with van der Waals surface area (Å²) >= 11 is 0. The van der Waals surface area contributed by atoms with Crippen molar-refractivity contribution < 1.29 is 13.6 Å². The second kappa shape index (κ2) is 7.35. The number of carbonyl (C=O) groups is 1. The van der Waals surface area contributed by atoms with E-state index in [9.17, 15) is 13.6 Å². The molecule has 0 aliphatic heterocycles. The van der Waals surface area contributed by atoms with Gasteiger partial charge in [0.25, 0.3) is 6.43 Å². The van der Waals surface area contributed by atoms with E-state index in [0.717, 1.165) is 44.1 Å². The van der Waals surface area contributed by atoms with Gasteiger partial charge in [0.05, 0.1) is 0 Å². The number of fused-ring (bicyclic) bond motifs is 5. The molecule has 0 radical (unpaired) electrons. The lowest BCUT2D eigenvalue weighted by Gasteiger charge is -2.59. The first-order valence-electron chi connectivity index (χ1n) is 12.0. The van der Waals surface area contributed by atoms with Gasteiger partial charge in [-0.1, -0.05) is 32.4 Å². The number of carbonyl (C=O) groups excluding carboxylic acids is 1. The van der Waals surface area contributed by atoms with Gasteiger partial charge in [-0.05, 0) is 96.3 Å². The highest BCUT2D eigenvalue weighted by Crippen LogP contribution is 2.67. The molecular weight excluding hydrogens is 392 g/mol. The maximum absolute atomic E-state index is 13.3. The Morgan fingerprint density at radius 3 is 2.71 bits per heavy atom. The van der Waals surface area contributed by atoms with Gasteiger partial charge in [-0.25, -0.2) is 8.78 Å². The molecule has 1 aromatic heterocycles. The average Bonchev–Trinajstić information content (AvgIpc) is 3.11. The molecule has 0 bridgehead atoms. The van der Waals surface area contributed by atoms with Crippen molar-refractivity contribution in [2.45, 2.75) is 72.1 Å². The Morgan fingerprint density at radius 2 is 1.97 bits per heavy atom. The number of halogens is 2. The number of pyridine rings is 1. The highest BCUT2D eigenvalue weighted by molar-refractivity contribution is 5.91. The van der Waals surface area contributed by atoms with Crippen molar-refractivity contribution in [2.24, 2.45) is 34.5 Å². The van der Waals surface area contributed by atoms with Gasteiger partial charge >= 0.3 is 0 Å². The Hall–Kier alpha value is -1.84. The summed E-state index contributed by atoms with van der Waals surface area (Å²) in [6.07, 6.45) is 12.0. The molecule has 0 amide bonds. The van der Waals surface area contributed by atoms with Crippen LogP contribution in [0.15, 0.2) is 36.2 Å². The molecule has 6 atom stereocenters. The van der Waals surface area contributed by atoms with Gasteiger partial charge in [-0.2, -0.15) is 0 Å². The second-order valence-corrected chi connectivity index (χ2v) is 10.8. The van der Waals surface area contributed by atoms with Gasteiger partial charge in [0.2, 0.25) is 0 Å². The highest BCUT2D eigenvalue weighted by Gasteiger charge is 2.58. The van der Waals surface area contributed by atoms with Crippen LogP contribution in [0.4, 0.5) is 8.78 Å². The number of nitrogens with zero attached hydrogens (tertiary/aromatic N) is 1. The molecule has 1 aromatic rings. The first-order chi connectivity index (χ1) is 14.8. The molecule has 3 unspecified atom stereocenters. The molecule has 166 valence electrons. The number of ketones is 1. The van der Waals surface area contributed by atoms with Gasteiger partial charge in [-0.15, -0.1) is 0 Å². The van der Waals surface area contributed by atoms with Crippen LogP contribution in [0.5, 0.6) is 0 Å². The van der Waals surface area contributed by atoms with Gasteiger partial charge in [0.15, 0.2) is 5.78 Å². The van der Waals surface area contributed by atoms with E-state index in [0.29, 0.717) is 35.9 Å². The summed E-state index contributed by atoms with van der Waals surface area (Å²) in [6, 6.07) is 1.65. The van der Waals surface area contributed by atoms with E-state index in [1.54, 1.807) is 12.3 Å². The number of rotatable bonds is 3. The van der Waals surface area contributed by atoms with E-state index >= 15 is 0 Å². The van der Waals surface area contributed by atoms with Crippen LogP contribution in [0.1, 0.15) is 83.3 Å². The average molecular weight is 426 g/mol. The smallest absolute Gasteiger partial charge is 0.265 e. The van der Waals surface area contributed by atoms with Crippen molar-refractivity contribution in [3.05, 3.63) is 47.3 Å². The molecular formula is C27H33F2NO. The minimum Gasteiger partial charge on any atom is -0.295 e. The van der Waals surface area contributed by atoms with E-state index in [1.165, 1.54) is 17.3 Å². The predicted octanol–water partition coefficient (Wildman–Crippen LogP) is 7.18. The molecule has 4 aliphatic rings. The highest BCUT2D eigenvalue weighted by atomic mass is 19.3. The summed E-state index contributed by atoms with van der Waals surface area (Å²) in [4.78, 5) is 16.4.